The molecule has 0 aliphatic rings. The second-order valence-corrected chi connectivity index (χ2v) is 5.08. The summed E-state index contributed by atoms with van der Waals surface area (Å²) in [4.78, 5) is 4.28. The molecular weight excluding hydrogens is 262 g/mol. The fraction of sp³-hybridized carbons (Fsp3) is 0.278. The SMILES string of the molecule is COc1cc(/C=C/c2ccccn2)cc(OC)c1C(C)C. The number of hydrogen-bond donors (Lipinski definition) is 0. The van der Waals surface area contributed by atoms with Gasteiger partial charge in [0.05, 0.1) is 19.9 Å². The third-order valence-corrected chi connectivity index (χ3v) is 3.28. The maximum Gasteiger partial charge on any atom is 0.126 e. The summed E-state index contributed by atoms with van der Waals surface area (Å²) in [5.41, 5.74) is 3.04. The number of hydrogen-bond acceptors (Lipinski definition) is 3. The van der Waals surface area contributed by atoms with E-state index in [0.29, 0.717) is 5.92 Å². The van der Waals surface area contributed by atoms with Crippen LogP contribution in [0.15, 0.2) is 36.5 Å². The van der Waals surface area contributed by atoms with Crippen molar-refractivity contribution in [3.05, 3.63) is 53.3 Å². The van der Waals surface area contributed by atoms with Gasteiger partial charge in [-0.25, -0.2) is 0 Å². The quantitative estimate of drug-likeness (QED) is 0.815. The summed E-state index contributed by atoms with van der Waals surface area (Å²) in [6.45, 7) is 4.26. The number of nitrogens with zero attached hydrogens (tertiary/aromatic N) is 1. The summed E-state index contributed by atoms with van der Waals surface area (Å²) in [5.74, 6) is 2.04. The van der Waals surface area contributed by atoms with E-state index in [0.717, 1.165) is 28.3 Å². The van der Waals surface area contributed by atoms with Gasteiger partial charge in [0, 0.05) is 11.8 Å². The molecule has 0 unspecified atom stereocenters. The summed E-state index contributed by atoms with van der Waals surface area (Å²) in [6.07, 6.45) is 5.77. The van der Waals surface area contributed by atoms with E-state index in [4.69, 9.17) is 9.47 Å². The third kappa shape index (κ3) is 3.63. The minimum Gasteiger partial charge on any atom is -0.496 e. The van der Waals surface area contributed by atoms with E-state index in [1.807, 2.05) is 42.5 Å². The zero-order valence-electron chi connectivity index (χ0n) is 13.0. The van der Waals surface area contributed by atoms with Gasteiger partial charge in [-0.2, -0.15) is 0 Å². The van der Waals surface area contributed by atoms with E-state index in [1.165, 1.54) is 0 Å². The molecule has 0 atom stereocenters. The monoisotopic (exact) mass is 283 g/mol. The second-order valence-electron chi connectivity index (χ2n) is 5.08. The van der Waals surface area contributed by atoms with Crippen molar-refractivity contribution >= 4 is 12.2 Å². The first-order valence-electron chi connectivity index (χ1n) is 7.00. The van der Waals surface area contributed by atoms with Crippen LogP contribution in [0.4, 0.5) is 0 Å². The van der Waals surface area contributed by atoms with E-state index < -0.39 is 0 Å². The topological polar surface area (TPSA) is 31.4 Å². The van der Waals surface area contributed by atoms with E-state index in [-0.39, 0.29) is 0 Å². The number of pyridine rings is 1. The molecule has 0 saturated heterocycles. The molecule has 0 amide bonds. The molecular formula is C18H21NO2. The van der Waals surface area contributed by atoms with Crippen molar-refractivity contribution in [1.29, 1.82) is 0 Å². The molecule has 110 valence electrons. The van der Waals surface area contributed by atoms with Crippen LogP contribution in [-0.2, 0) is 0 Å². The molecule has 0 spiro atoms. The molecule has 0 fully saturated rings. The first-order valence-corrected chi connectivity index (χ1v) is 7.00. The lowest BCUT2D eigenvalue weighted by Gasteiger charge is -2.17. The van der Waals surface area contributed by atoms with Crippen LogP contribution in [0.25, 0.3) is 12.2 Å². The number of rotatable bonds is 5. The molecule has 3 nitrogen and oxygen atoms in total. The molecule has 1 aromatic heterocycles. The highest BCUT2D eigenvalue weighted by molar-refractivity contribution is 5.70. The fourth-order valence-corrected chi connectivity index (χ4v) is 2.28. The summed E-state index contributed by atoms with van der Waals surface area (Å²) >= 11 is 0. The molecule has 2 rings (SSSR count). The Hall–Kier alpha value is -2.29. The van der Waals surface area contributed by atoms with Gasteiger partial charge in [0.1, 0.15) is 11.5 Å². The zero-order valence-corrected chi connectivity index (χ0v) is 13.0. The first kappa shape index (κ1) is 15.1. The van der Waals surface area contributed by atoms with Crippen molar-refractivity contribution in [3.8, 4) is 11.5 Å². The maximum atomic E-state index is 5.51. The smallest absolute Gasteiger partial charge is 0.126 e. The Morgan fingerprint density at radius 2 is 1.67 bits per heavy atom. The number of ether oxygens (including phenoxy) is 2. The molecule has 3 heteroatoms. The third-order valence-electron chi connectivity index (χ3n) is 3.28. The van der Waals surface area contributed by atoms with Crippen molar-refractivity contribution in [2.75, 3.05) is 14.2 Å². The lowest BCUT2D eigenvalue weighted by atomic mass is 9.98. The molecule has 0 radical (unpaired) electrons. The lowest BCUT2D eigenvalue weighted by Crippen LogP contribution is -1.99. The predicted molar refractivity (Wildman–Crippen MR) is 86.8 cm³/mol. The highest BCUT2D eigenvalue weighted by atomic mass is 16.5. The van der Waals surface area contributed by atoms with Crippen LogP contribution in [-0.4, -0.2) is 19.2 Å². The van der Waals surface area contributed by atoms with Gasteiger partial charge in [-0.05, 0) is 41.8 Å². The summed E-state index contributed by atoms with van der Waals surface area (Å²) in [6, 6.07) is 9.89. The predicted octanol–water partition coefficient (Wildman–Crippen LogP) is 4.39. The normalized spacial score (nSPS) is 11.1. The van der Waals surface area contributed by atoms with Gasteiger partial charge in [0.25, 0.3) is 0 Å². The van der Waals surface area contributed by atoms with Gasteiger partial charge < -0.3 is 9.47 Å². The van der Waals surface area contributed by atoms with Gasteiger partial charge in [-0.3, -0.25) is 4.98 Å². The van der Waals surface area contributed by atoms with Gasteiger partial charge in [-0.1, -0.05) is 26.0 Å². The first-order chi connectivity index (χ1) is 10.2. The highest BCUT2D eigenvalue weighted by Gasteiger charge is 2.14. The Labute approximate surface area is 126 Å². The number of benzene rings is 1. The molecule has 0 aliphatic carbocycles. The second kappa shape index (κ2) is 6.93. The average molecular weight is 283 g/mol. The van der Waals surface area contributed by atoms with E-state index in [1.54, 1.807) is 20.4 Å². The molecule has 1 aromatic carbocycles. The Bertz CT molecular complexity index is 593. The summed E-state index contributed by atoms with van der Waals surface area (Å²) in [5, 5.41) is 0. The Balaban J connectivity index is 2.39. The maximum absolute atomic E-state index is 5.51. The van der Waals surface area contributed by atoms with E-state index in [9.17, 15) is 0 Å². The van der Waals surface area contributed by atoms with Crippen molar-refractivity contribution in [3.63, 3.8) is 0 Å². The van der Waals surface area contributed by atoms with Gasteiger partial charge in [0.2, 0.25) is 0 Å². The van der Waals surface area contributed by atoms with Crippen LogP contribution in [0.1, 0.15) is 36.6 Å². The zero-order chi connectivity index (χ0) is 15.2. The van der Waals surface area contributed by atoms with Gasteiger partial charge in [0.15, 0.2) is 0 Å². The summed E-state index contributed by atoms with van der Waals surface area (Å²) < 4.78 is 11.0. The Kier molecular flexibility index (Phi) is 4.99. The Morgan fingerprint density at radius 3 is 2.14 bits per heavy atom. The standard InChI is InChI=1S/C18H21NO2/c1-13(2)18-16(20-3)11-14(12-17(18)21-4)8-9-15-7-5-6-10-19-15/h5-13H,1-4H3/b9-8+. The average Bonchev–Trinajstić information content (AvgIpc) is 2.52. The van der Waals surface area contributed by atoms with E-state index >= 15 is 0 Å². The molecule has 0 bridgehead atoms. The van der Waals surface area contributed by atoms with E-state index in [2.05, 4.69) is 18.8 Å². The minimum absolute atomic E-state index is 0.337. The van der Waals surface area contributed by atoms with Gasteiger partial charge in [-0.15, -0.1) is 0 Å². The summed E-state index contributed by atoms with van der Waals surface area (Å²) in [7, 11) is 3.37. The van der Waals surface area contributed by atoms with Crippen molar-refractivity contribution in [1.82, 2.24) is 4.98 Å². The van der Waals surface area contributed by atoms with Crippen LogP contribution in [0, 0.1) is 0 Å². The van der Waals surface area contributed by atoms with Gasteiger partial charge >= 0.3 is 0 Å². The van der Waals surface area contributed by atoms with Crippen LogP contribution in [0.3, 0.4) is 0 Å². The van der Waals surface area contributed by atoms with Crippen molar-refractivity contribution in [2.24, 2.45) is 0 Å². The minimum atomic E-state index is 0.337. The Morgan fingerprint density at radius 1 is 1.00 bits per heavy atom. The van der Waals surface area contributed by atoms with Crippen LogP contribution < -0.4 is 9.47 Å². The van der Waals surface area contributed by atoms with Crippen LogP contribution in [0.5, 0.6) is 11.5 Å². The molecule has 21 heavy (non-hydrogen) atoms. The van der Waals surface area contributed by atoms with Crippen LogP contribution >= 0.6 is 0 Å². The lowest BCUT2D eigenvalue weighted by molar-refractivity contribution is 0.382. The molecule has 0 saturated carbocycles. The van der Waals surface area contributed by atoms with Crippen LogP contribution in [0.2, 0.25) is 0 Å². The molecule has 2 aromatic rings. The molecule has 0 N–H and O–H groups in total. The fourth-order valence-electron chi connectivity index (χ4n) is 2.28. The van der Waals surface area contributed by atoms with Crippen molar-refractivity contribution in [2.45, 2.75) is 19.8 Å². The number of methoxy groups -OCH3 is 2. The number of aromatic nitrogens is 1. The highest BCUT2D eigenvalue weighted by Crippen LogP contribution is 2.36. The molecule has 0 aliphatic heterocycles. The molecule has 1 heterocycles. The van der Waals surface area contributed by atoms with Crippen molar-refractivity contribution < 1.29 is 9.47 Å². The largest absolute Gasteiger partial charge is 0.496 e.